The highest BCUT2D eigenvalue weighted by atomic mass is 32.2. The molecule has 0 atom stereocenters. The topological polar surface area (TPSA) is 76.4 Å². The molecule has 1 heterocycles. The van der Waals surface area contributed by atoms with Gasteiger partial charge in [0.15, 0.2) is 15.6 Å². The van der Waals surface area contributed by atoms with Gasteiger partial charge in [-0.25, -0.2) is 12.8 Å². The largest absolute Gasteiger partial charge is 0.455 e. The van der Waals surface area contributed by atoms with Gasteiger partial charge in [-0.2, -0.15) is 0 Å². The van der Waals surface area contributed by atoms with Crippen molar-refractivity contribution in [3.8, 4) is 0 Å². The van der Waals surface area contributed by atoms with Gasteiger partial charge in [-0.3, -0.25) is 4.79 Å². The molecule has 1 amide bonds. The highest BCUT2D eigenvalue weighted by molar-refractivity contribution is 7.89. The summed E-state index contributed by atoms with van der Waals surface area (Å²) in [6, 6.07) is 8.87. The van der Waals surface area contributed by atoms with Crippen LogP contribution in [0.4, 0.5) is 4.39 Å². The summed E-state index contributed by atoms with van der Waals surface area (Å²) in [5.74, 6) is -1.40. The molecule has 1 saturated carbocycles. The maximum atomic E-state index is 13.6. The molecule has 1 aliphatic carbocycles. The van der Waals surface area contributed by atoms with Crippen molar-refractivity contribution in [1.82, 2.24) is 5.32 Å². The molecule has 0 bridgehead atoms. The molecule has 0 radical (unpaired) electrons. The fraction of sp³-hybridized carbons (Fsp3) is 0.389. The first-order valence-corrected chi connectivity index (χ1v) is 10.1. The standard InChI is InChI=1S/C18H20FNO4S/c19-16-8-4-1-5-13(16)11-25(22,23)12-15-9-10-17(24-15)18(21)20-14-6-2-3-7-14/h1,4-5,8-10,14H,2-3,6-7,11-12H2,(H,20,21). The number of furan rings is 1. The third-order valence-electron chi connectivity index (χ3n) is 4.27. The van der Waals surface area contributed by atoms with E-state index in [4.69, 9.17) is 4.42 Å². The fourth-order valence-electron chi connectivity index (χ4n) is 3.02. The fourth-order valence-corrected chi connectivity index (χ4v) is 4.42. The van der Waals surface area contributed by atoms with Crippen molar-refractivity contribution in [2.75, 3.05) is 0 Å². The first-order valence-electron chi connectivity index (χ1n) is 8.26. The first kappa shape index (κ1) is 17.7. The van der Waals surface area contributed by atoms with Gasteiger partial charge in [0.25, 0.3) is 5.91 Å². The van der Waals surface area contributed by atoms with Crippen LogP contribution < -0.4 is 5.32 Å². The van der Waals surface area contributed by atoms with E-state index < -0.39 is 21.4 Å². The molecule has 7 heteroatoms. The Hall–Kier alpha value is -2.15. The van der Waals surface area contributed by atoms with E-state index in [0.29, 0.717) is 0 Å². The number of rotatable bonds is 6. The molecule has 2 aromatic rings. The van der Waals surface area contributed by atoms with Crippen LogP contribution in [0, 0.1) is 5.82 Å². The van der Waals surface area contributed by atoms with Crippen molar-refractivity contribution in [3.05, 3.63) is 59.3 Å². The van der Waals surface area contributed by atoms with Crippen LogP contribution in [-0.4, -0.2) is 20.4 Å². The van der Waals surface area contributed by atoms with Gasteiger partial charge in [0, 0.05) is 11.6 Å². The zero-order chi connectivity index (χ0) is 17.9. The predicted octanol–water partition coefficient (Wildman–Crippen LogP) is 3.21. The van der Waals surface area contributed by atoms with Crippen molar-refractivity contribution >= 4 is 15.7 Å². The minimum atomic E-state index is -3.61. The van der Waals surface area contributed by atoms with E-state index in [0.717, 1.165) is 25.7 Å². The Labute approximate surface area is 146 Å². The van der Waals surface area contributed by atoms with Gasteiger partial charge in [0.1, 0.15) is 17.3 Å². The Morgan fingerprint density at radius 3 is 2.56 bits per heavy atom. The minimum absolute atomic E-state index is 0.1000. The Kier molecular flexibility index (Phi) is 5.22. The van der Waals surface area contributed by atoms with Gasteiger partial charge in [0.2, 0.25) is 0 Å². The second-order valence-corrected chi connectivity index (χ2v) is 8.41. The third-order valence-corrected chi connectivity index (χ3v) is 5.75. The highest BCUT2D eigenvalue weighted by Gasteiger charge is 2.22. The summed E-state index contributed by atoms with van der Waals surface area (Å²) in [4.78, 5) is 12.1. The molecule has 1 aliphatic rings. The highest BCUT2D eigenvalue weighted by Crippen LogP contribution is 2.20. The molecule has 5 nitrogen and oxygen atoms in total. The van der Waals surface area contributed by atoms with E-state index in [9.17, 15) is 17.6 Å². The molecule has 0 saturated heterocycles. The van der Waals surface area contributed by atoms with E-state index in [1.54, 1.807) is 6.07 Å². The number of benzene rings is 1. The van der Waals surface area contributed by atoms with Crippen molar-refractivity contribution in [3.63, 3.8) is 0 Å². The van der Waals surface area contributed by atoms with Crippen LogP contribution in [0.2, 0.25) is 0 Å². The lowest BCUT2D eigenvalue weighted by atomic mass is 10.2. The molecule has 1 aromatic heterocycles. The number of carbonyl (C=O) groups is 1. The summed E-state index contributed by atoms with van der Waals surface area (Å²) in [5.41, 5.74) is 0.119. The van der Waals surface area contributed by atoms with E-state index >= 15 is 0 Å². The SMILES string of the molecule is O=C(NC1CCCC1)c1ccc(CS(=O)(=O)Cc2ccccc2F)o1. The van der Waals surface area contributed by atoms with Crippen LogP contribution in [0.25, 0.3) is 0 Å². The summed E-state index contributed by atoms with van der Waals surface area (Å²) in [6.45, 7) is 0. The Balaban J connectivity index is 1.63. The van der Waals surface area contributed by atoms with Gasteiger partial charge in [-0.1, -0.05) is 31.0 Å². The molecular weight excluding hydrogens is 345 g/mol. The lowest BCUT2D eigenvalue weighted by Crippen LogP contribution is -2.32. The summed E-state index contributed by atoms with van der Waals surface area (Å²) < 4.78 is 43.5. The molecule has 1 N–H and O–H groups in total. The lowest BCUT2D eigenvalue weighted by Gasteiger charge is -2.09. The molecule has 3 rings (SSSR count). The van der Waals surface area contributed by atoms with Crippen LogP contribution in [0.1, 0.15) is 47.6 Å². The van der Waals surface area contributed by atoms with Crippen LogP contribution in [0.5, 0.6) is 0 Å². The molecule has 0 aliphatic heterocycles. The molecule has 1 fully saturated rings. The zero-order valence-corrected chi connectivity index (χ0v) is 14.5. The van der Waals surface area contributed by atoms with Crippen molar-refractivity contribution in [2.24, 2.45) is 0 Å². The van der Waals surface area contributed by atoms with Crippen LogP contribution in [0.3, 0.4) is 0 Å². The van der Waals surface area contributed by atoms with Crippen molar-refractivity contribution in [2.45, 2.75) is 43.2 Å². The average molecular weight is 365 g/mol. The van der Waals surface area contributed by atoms with E-state index in [-0.39, 0.29) is 34.8 Å². The second kappa shape index (κ2) is 7.39. The summed E-state index contributed by atoms with van der Waals surface area (Å²) in [7, 11) is -3.61. The lowest BCUT2D eigenvalue weighted by molar-refractivity contribution is 0.0908. The molecule has 0 unspecified atom stereocenters. The Bertz CT molecular complexity index is 853. The smallest absolute Gasteiger partial charge is 0.287 e. The second-order valence-electron chi connectivity index (χ2n) is 6.34. The number of halogens is 1. The van der Waals surface area contributed by atoms with Crippen LogP contribution in [-0.2, 0) is 21.3 Å². The number of amides is 1. The third kappa shape index (κ3) is 4.69. The van der Waals surface area contributed by atoms with E-state index in [2.05, 4.69) is 5.32 Å². The molecule has 1 aromatic carbocycles. The monoisotopic (exact) mass is 365 g/mol. The predicted molar refractivity (Wildman–Crippen MR) is 91.2 cm³/mol. The van der Waals surface area contributed by atoms with Gasteiger partial charge < -0.3 is 9.73 Å². The number of sulfone groups is 1. The van der Waals surface area contributed by atoms with Crippen molar-refractivity contribution < 1.29 is 22.0 Å². The van der Waals surface area contributed by atoms with Gasteiger partial charge in [0.05, 0.1) is 5.75 Å². The summed E-state index contributed by atoms with van der Waals surface area (Å²) >= 11 is 0. The maximum Gasteiger partial charge on any atom is 0.287 e. The normalized spacial score (nSPS) is 15.4. The summed E-state index contributed by atoms with van der Waals surface area (Å²) in [6.07, 6.45) is 4.11. The zero-order valence-electron chi connectivity index (χ0n) is 13.7. The first-order chi connectivity index (χ1) is 11.9. The van der Waals surface area contributed by atoms with Gasteiger partial charge in [-0.15, -0.1) is 0 Å². The number of carbonyl (C=O) groups excluding carboxylic acids is 1. The van der Waals surface area contributed by atoms with Gasteiger partial charge >= 0.3 is 0 Å². The Morgan fingerprint density at radius 1 is 1.12 bits per heavy atom. The quantitative estimate of drug-likeness (QED) is 0.853. The number of hydrogen-bond donors (Lipinski definition) is 1. The van der Waals surface area contributed by atoms with Crippen molar-refractivity contribution in [1.29, 1.82) is 0 Å². The number of hydrogen-bond acceptors (Lipinski definition) is 4. The molecule has 134 valence electrons. The molecule has 25 heavy (non-hydrogen) atoms. The number of nitrogens with one attached hydrogen (secondary N) is 1. The molecular formula is C18H20FNO4S. The van der Waals surface area contributed by atoms with Crippen LogP contribution in [0.15, 0.2) is 40.8 Å². The van der Waals surface area contributed by atoms with E-state index in [1.807, 2.05) is 0 Å². The summed E-state index contributed by atoms with van der Waals surface area (Å²) in [5, 5.41) is 2.89. The van der Waals surface area contributed by atoms with Gasteiger partial charge in [-0.05, 0) is 31.0 Å². The average Bonchev–Trinajstić information content (AvgIpc) is 3.21. The maximum absolute atomic E-state index is 13.6. The molecule has 0 spiro atoms. The van der Waals surface area contributed by atoms with E-state index in [1.165, 1.54) is 30.3 Å². The van der Waals surface area contributed by atoms with Crippen LogP contribution >= 0.6 is 0 Å². The minimum Gasteiger partial charge on any atom is -0.455 e. The Morgan fingerprint density at radius 2 is 1.84 bits per heavy atom.